The molecule has 1 amide bonds. The number of aromatic amines is 1. The number of carbonyl (C=O) groups is 1. The number of H-pyrrole nitrogens is 1. The van der Waals surface area contributed by atoms with Gasteiger partial charge in [0.1, 0.15) is 10.6 Å². The molecule has 1 rings (SSSR count). The summed E-state index contributed by atoms with van der Waals surface area (Å²) in [6.45, 7) is 4.38. The van der Waals surface area contributed by atoms with Gasteiger partial charge in [-0.2, -0.15) is 0 Å². The highest BCUT2D eigenvalue weighted by Crippen LogP contribution is 2.10. The van der Waals surface area contributed by atoms with Crippen LogP contribution < -0.4 is 16.0 Å². The van der Waals surface area contributed by atoms with Crippen molar-refractivity contribution in [2.45, 2.75) is 25.2 Å². The zero-order chi connectivity index (χ0) is 13.8. The van der Waals surface area contributed by atoms with Crippen LogP contribution in [0, 0.1) is 5.92 Å². The van der Waals surface area contributed by atoms with Gasteiger partial charge in [0.05, 0.1) is 0 Å². The summed E-state index contributed by atoms with van der Waals surface area (Å²) in [6, 6.07) is 1.24. The summed E-state index contributed by atoms with van der Waals surface area (Å²) in [5, 5.41) is 0. The second-order valence-electron chi connectivity index (χ2n) is 4.30. The minimum absolute atomic E-state index is 0.0184. The number of carbonyl (C=O) groups excluding carboxylic acids is 1. The lowest BCUT2D eigenvalue weighted by Crippen LogP contribution is -2.30. The topological polar surface area (TPSA) is 117 Å². The molecular weight excluding hydrogens is 256 g/mol. The van der Waals surface area contributed by atoms with Crippen molar-refractivity contribution in [2.24, 2.45) is 11.8 Å². The largest absolute Gasteiger partial charge is 0.356 e. The molecule has 0 aliphatic rings. The Kier molecular flexibility index (Phi) is 4.88. The van der Waals surface area contributed by atoms with E-state index in [9.17, 15) is 13.2 Å². The second-order valence-corrected chi connectivity index (χ2v) is 6.07. The van der Waals surface area contributed by atoms with Gasteiger partial charge in [-0.25, -0.2) is 19.0 Å². The molecule has 0 aliphatic carbocycles. The summed E-state index contributed by atoms with van der Waals surface area (Å²) in [5.41, 5.74) is 2.02. The molecule has 1 aromatic rings. The molecule has 0 unspecified atom stereocenters. The third-order valence-corrected chi connectivity index (χ3v) is 3.80. The molecule has 0 saturated heterocycles. The summed E-state index contributed by atoms with van der Waals surface area (Å²) in [7, 11) is -3.58. The van der Waals surface area contributed by atoms with Crippen LogP contribution in [0.25, 0.3) is 0 Å². The Morgan fingerprint density at radius 3 is 2.72 bits per heavy atom. The fourth-order valence-electron chi connectivity index (χ4n) is 1.30. The Morgan fingerprint density at radius 2 is 2.17 bits per heavy atom. The molecular formula is C10H18N4O3S. The number of rotatable bonds is 6. The van der Waals surface area contributed by atoms with E-state index in [1.807, 2.05) is 19.3 Å². The zero-order valence-electron chi connectivity index (χ0n) is 10.4. The summed E-state index contributed by atoms with van der Waals surface area (Å²) in [5.74, 6) is 4.79. The predicted octanol–water partition coefficient (Wildman–Crippen LogP) is -0.0574. The number of nitrogen functional groups attached to an aromatic ring is 1. The Balaban J connectivity index is 2.73. The number of nitrogens with one attached hydrogen (secondary N) is 3. The van der Waals surface area contributed by atoms with Crippen molar-refractivity contribution in [3.8, 4) is 0 Å². The molecule has 0 radical (unpaired) electrons. The highest BCUT2D eigenvalue weighted by Gasteiger charge is 2.17. The van der Waals surface area contributed by atoms with Crippen molar-refractivity contribution in [1.82, 2.24) is 15.1 Å². The smallest absolute Gasteiger partial charge is 0.281 e. The second kappa shape index (κ2) is 5.98. The number of hydrogen-bond acceptors (Lipinski definition) is 4. The molecule has 0 aliphatic heterocycles. The van der Waals surface area contributed by atoms with Crippen LogP contribution in [0.2, 0.25) is 0 Å². The lowest BCUT2D eigenvalue weighted by Gasteiger charge is -2.06. The maximum absolute atomic E-state index is 11.8. The summed E-state index contributed by atoms with van der Waals surface area (Å²) < 4.78 is 26.2. The molecule has 5 N–H and O–H groups in total. The quantitative estimate of drug-likeness (QED) is 0.330. The normalized spacial score (nSPS) is 11.8. The SMILES string of the molecule is CC(C)CCNS(=O)(=O)c1c[nH]c(C(=O)NN)c1. The Labute approximate surface area is 106 Å². The van der Waals surface area contributed by atoms with Crippen LogP contribution in [0.1, 0.15) is 30.8 Å². The molecule has 1 aromatic heterocycles. The molecule has 0 atom stereocenters. The van der Waals surface area contributed by atoms with E-state index in [1.165, 1.54) is 12.3 Å². The first kappa shape index (κ1) is 14.7. The molecule has 0 fully saturated rings. The predicted molar refractivity (Wildman–Crippen MR) is 67.1 cm³/mol. The van der Waals surface area contributed by atoms with E-state index in [0.717, 1.165) is 6.42 Å². The van der Waals surface area contributed by atoms with Crippen LogP contribution in [-0.4, -0.2) is 25.9 Å². The first-order chi connectivity index (χ1) is 8.36. The zero-order valence-corrected chi connectivity index (χ0v) is 11.2. The maximum Gasteiger partial charge on any atom is 0.281 e. The number of aromatic nitrogens is 1. The van der Waals surface area contributed by atoms with Gasteiger partial charge in [0.2, 0.25) is 10.0 Å². The average molecular weight is 274 g/mol. The summed E-state index contributed by atoms with van der Waals surface area (Å²) in [4.78, 5) is 13.7. The third kappa shape index (κ3) is 3.83. The number of sulfonamides is 1. The van der Waals surface area contributed by atoms with Gasteiger partial charge in [-0.3, -0.25) is 10.2 Å². The fourth-order valence-corrected chi connectivity index (χ4v) is 2.34. The van der Waals surface area contributed by atoms with Crippen LogP contribution in [-0.2, 0) is 10.0 Å². The van der Waals surface area contributed by atoms with Crippen molar-refractivity contribution in [3.05, 3.63) is 18.0 Å². The molecule has 7 nitrogen and oxygen atoms in total. The van der Waals surface area contributed by atoms with Gasteiger partial charge in [0.25, 0.3) is 5.91 Å². The minimum Gasteiger partial charge on any atom is -0.356 e. The fraction of sp³-hybridized carbons (Fsp3) is 0.500. The van der Waals surface area contributed by atoms with E-state index in [4.69, 9.17) is 5.84 Å². The lowest BCUT2D eigenvalue weighted by atomic mass is 10.1. The van der Waals surface area contributed by atoms with Crippen molar-refractivity contribution in [3.63, 3.8) is 0 Å². The van der Waals surface area contributed by atoms with Gasteiger partial charge in [-0.15, -0.1) is 0 Å². The number of hydrogen-bond donors (Lipinski definition) is 4. The Morgan fingerprint density at radius 1 is 1.50 bits per heavy atom. The van der Waals surface area contributed by atoms with Crippen LogP contribution in [0.15, 0.2) is 17.2 Å². The summed E-state index contributed by atoms with van der Waals surface area (Å²) in [6.07, 6.45) is 2.00. The molecule has 0 spiro atoms. The van der Waals surface area contributed by atoms with Crippen LogP contribution in [0.4, 0.5) is 0 Å². The molecule has 8 heteroatoms. The van der Waals surface area contributed by atoms with Crippen LogP contribution >= 0.6 is 0 Å². The number of hydrazine groups is 1. The standard InChI is InChI=1S/C10H18N4O3S/c1-7(2)3-4-13-18(16,17)8-5-9(12-6-8)10(15)14-11/h5-7,12-13H,3-4,11H2,1-2H3,(H,14,15). The first-order valence-corrected chi connectivity index (χ1v) is 7.04. The van der Waals surface area contributed by atoms with Crippen LogP contribution in [0.5, 0.6) is 0 Å². The Bertz CT molecular complexity index is 507. The van der Waals surface area contributed by atoms with Crippen molar-refractivity contribution < 1.29 is 13.2 Å². The van der Waals surface area contributed by atoms with E-state index in [-0.39, 0.29) is 10.6 Å². The number of amides is 1. The Hall–Kier alpha value is -1.38. The molecule has 1 heterocycles. The van der Waals surface area contributed by atoms with Gasteiger partial charge in [0.15, 0.2) is 0 Å². The van der Waals surface area contributed by atoms with Gasteiger partial charge in [-0.1, -0.05) is 13.8 Å². The monoisotopic (exact) mass is 274 g/mol. The van der Waals surface area contributed by atoms with E-state index >= 15 is 0 Å². The van der Waals surface area contributed by atoms with E-state index in [1.54, 1.807) is 0 Å². The molecule has 0 saturated carbocycles. The average Bonchev–Trinajstić information content (AvgIpc) is 2.77. The number of nitrogens with two attached hydrogens (primary N) is 1. The van der Waals surface area contributed by atoms with Gasteiger partial charge >= 0.3 is 0 Å². The molecule has 0 aromatic carbocycles. The maximum atomic E-state index is 11.8. The molecule has 102 valence electrons. The highest BCUT2D eigenvalue weighted by molar-refractivity contribution is 7.89. The van der Waals surface area contributed by atoms with E-state index < -0.39 is 15.9 Å². The minimum atomic E-state index is -3.58. The van der Waals surface area contributed by atoms with Gasteiger partial charge in [-0.05, 0) is 18.4 Å². The third-order valence-electron chi connectivity index (χ3n) is 2.36. The van der Waals surface area contributed by atoms with E-state index in [2.05, 4.69) is 9.71 Å². The van der Waals surface area contributed by atoms with Crippen molar-refractivity contribution in [1.29, 1.82) is 0 Å². The molecule has 18 heavy (non-hydrogen) atoms. The lowest BCUT2D eigenvalue weighted by molar-refractivity contribution is 0.0949. The van der Waals surface area contributed by atoms with Crippen molar-refractivity contribution >= 4 is 15.9 Å². The van der Waals surface area contributed by atoms with Crippen LogP contribution in [0.3, 0.4) is 0 Å². The van der Waals surface area contributed by atoms with Gasteiger partial charge in [0, 0.05) is 12.7 Å². The van der Waals surface area contributed by atoms with E-state index in [0.29, 0.717) is 12.5 Å². The molecule has 0 bridgehead atoms. The summed E-state index contributed by atoms with van der Waals surface area (Å²) >= 11 is 0. The highest BCUT2D eigenvalue weighted by atomic mass is 32.2. The first-order valence-electron chi connectivity index (χ1n) is 5.56. The van der Waals surface area contributed by atoms with Gasteiger partial charge < -0.3 is 4.98 Å². The van der Waals surface area contributed by atoms with Crippen molar-refractivity contribution in [2.75, 3.05) is 6.54 Å².